The van der Waals surface area contributed by atoms with E-state index in [0.29, 0.717) is 15.5 Å². The number of phenolic OH excluding ortho intramolecular Hbond substituents is 1. The second kappa shape index (κ2) is 5.61. The van der Waals surface area contributed by atoms with E-state index < -0.39 is 4.92 Å². The largest absolute Gasteiger partial charge is 0.507 e. The number of hydrogen-bond acceptors (Lipinski definition) is 5. The van der Waals surface area contributed by atoms with Crippen molar-refractivity contribution in [1.29, 1.82) is 0 Å². The van der Waals surface area contributed by atoms with Gasteiger partial charge in [0.25, 0.3) is 0 Å². The lowest BCUT2D eigenvalue weighted by Gasteiger charge is -2.10. The fourth-order valence-corrected chi connectivity index (χ4v) is 2.51. The molecule has 0 bridgehead atoms. The molecule has 0 radical (unpaired) electrons. The zero-order chi connectivity index (χ0) is 15.7. The minimum absolute atomic E-state index is 0.133. The van der Waals surface area contributed by atoms with Gasteiger partial charge in [0.05, 0.1) is 4.92 Å². The number of halogens is 1. The van der Waals surface area contributed by atoms with E-state index in [4.69, 9.17) is 0 Å². The molecule has 3 aromatic rings. The quantitative estimate of drug-likeness (QED) is 0.535. The molecule has 0 aliphatic rings. The molecule has 0 amide bonds. The minimum atomic E-state index is -0.497. The average molecular weight is 360 g/mol. The molecule has 3 rings (SSSR count). The Hall–Kier alpha value is -2.67. The summed E-state index contributed by atoms with van der Waals surface area (Å²) in [5, 5.41) is 25.4. The number of aromatic hydroxyl groups is 1. The summed E-state index contributed by atoms with van der Waals surface area (Å²) in [6.45, 7) is 0. The maximum atomic E-state index is 11.1. The standard InChI is InChI=1S/C15H10BrN3O3/c16-9-7-13(19(21)22)15(17-8-9)18-12-5-1-4-11-10(12)3-2-6-14(11)20/h1-8,20H,(H,17,18). The summed E-state index contributed by atoms with van der Waals surface area (Å²) in [5.41, 5.74) is 0.498. The number of benzene rings is 2. The monoisotopic (exact) mass is 359 g/mol. The predicted molar refractivity (Wildman–Crippen MR) is 87.5 cm³/mol. The molecule has 0 aliphatic heterocycles. The Labute approximate surface area is 133 Å². The predicted octanol–water partition coefficient (Wildman–Crippen LogP) is 4.35. The zero-order valence-corrected chi connectivity index (χ0v) is 12.7. The van der Waals surface area contributed by atoms with Crippen LogP contribution in [0.15, 0.2) is 53.1 Å². The van der Waals surface area contributed by atoms with Crippen molar-refractivity contribution < 1.29 is 10.0 Å². The zero-order valence-electron chi connectivity index (χ0n) is 11.2. The lowest BCUT2D eigenvalue weighted by atomic mass is 10.1. The Bertz CT molecular complexity index is 883. The fraction of sp³-hybridized carbons (Fsp3) is 0. The van der Waals surface area contributed by atoms with Gasteiger partial charge in [-0.2, -0.15) is 0 Å². The van der Waals surface area contributed by atoms with Crippen LogP contribution >= 0.6 is 15.9 Å². The van der Waals surface area contributed by atoms with Gasteiger partial charge >= 0.3 is 5.69 Å². The molecule has 0 spiro atoms. The highest BCUT2D eigenvalue weighted by Gasteiger charge is 2.17. The summed E-state index contributed by atoms with van der Waals surface area (Å²) in [4.78, 5) is 14.7. The SMILES string of the molecule is O=[N+]([O-])c1cc(Br)cnc1Nc1cccc2c(O)cccc12. The Morgan fingerprint density at radius 2 is 1.91 bits per heavy atom. The van der Waals surface area contributed by atoms with Crippen molar-refractivity contribution in [3.63, 3.8) is 0 Å². The molecule has 2 N–H and O–H groups in total. The van der Waals surface area contributed by atoms with Gasteiger partial charge in [0.2, 0.25) is 5.82 Å². The molecule has 0 atom stereocenters. The second-order valence-electron chi connectivity index (χ2n) is 4.58. The molecule has 1 aromatic heterocycles. The normalized spacial score (nSPS) is 10.6. The smallest absolute Gasteiger partial charge is 0.312 e. The molecule has 2 aromatic carbocycles. The van der Waals surface area contributed by atoms with Crippen molar-refractivity contribution in [3.8, 4) is 5.75 Å². The van der Waals surface area contributed by atoms with Gasteiger partial charge in [0, 0.05) is 33.2 Å². The molecule has 22 heavy (non-hydrogen) atoms. The van der Waals surface area contributed by atoms with Crippen LogP contribution in [0.1, 0.15) is 0 Å². The Kier molecular flexibility index (Phi) is 3.64. The molecule has 110 valence electrons. The molecule has 6 nitrogen and oxygen atoms in total. The third-order valence-corrected chi connectivity index (χ3v) is 3.62. The first-order valence-electron chi connectivity index (χ1n) is 6.34. The van der Waals surface area contributed by atoms with Crippen LogP contribution < -0.4 is 5.32 Å². The summed E-state index contributed by atoms with van der Waals surface area (Å²) >= 11 is 3.17. The maximum Gasteiger partial charge on any atom is 0.312 e. The number of nitrogens with zero attached hydrogens (tertiary/aromatic N) is 2. The van der Waals surface area contributed by atoms with Gasteiger partial charge < -0.3 is 10.4 Å². The molecule has 0 saturated heterocycles. The number of pyridine rings is 1. The van der Waals surface area contributed by atoms with E-state index in [1.807, 2.05) is 6.07 Å². The van der Waals surface area contributed by atoms with Crippen molar-refractivity contribution in [1.82, 2.24) is 4.98 Å². The van der Waals surface area contributed by atoms with Crippen LogP contribution in [0.25, 0.3) is 10.8 Å². The van der Waals surface area contributed by atoms with Crippen molar-refractivity contribution in [2.75, 3.05) is 5.32 Å². The number of fused-ring (bicyclic) bond motifs is 1. The third-order valence-electron chi connectivity index (χ3n) is 3.18. The summed E-state index contributed by atoms with van der Waals surface area (Å²) in [7, 11) is 0. The number of aromatic nitrogens is 1. The summed E-state index contributed by atoms with van der Waals surface area (Å²) in [6, 6.07) is 11.8. The van der Waals surface area contributed by atoms with Gasteiger partial charge in [-0.05, 0) is 28.1 Å². The van der Waals surface area contributed by atoms with E-state index in [1.165, 1.54) is 12.3 Å². The molecule has 0 fully saturated rings. The number of rotatable bonds is 3. The van der Waals surface area contributed by atoms with Crippen LogP contribution in [0.4, 0.5) is 17.2 Å². The lowest BCUT2D eigenvalue weighted by Crippen LogP contribution is -2.00. The highest BCUT2D eigenvalue weighted by atomic mass is 79.9. The van der Waals surface area contributed by atoms with Gasteiger partial charge in [-0.3, -0.25) is 10.1 Å². The van der Waals surface area contributed by atoms with Crippen LogP contribution in [0.5, 0.6) is 5.75 Å². The summed E-state index contributed by atoms with van der Waals surface area (Å²) in [5.74, 6) is 0.295. The van der Waals surface area contributed by atoms with E-state index in [-0.39, 0.29) is 17.3 Å². The Morgan fingerprint density at radius 3 is 2.68 bits per heavy atom. The van der Waals surface area contributed by atoms with Gasteiger partial charge in [-0.1, -0.05) is 24.3 Å². The van der Waals surface area contributed by atoms with Gasteiger partial charge in [-0.15, -0.1) is 0 Å². The van der Waals surface area contributed by atoms with Gasteiger partial charge in [0.1, 0.15) is 5.75 Å². The number of anilines is 2. The molecule has 0 aliphatic carbocycles. The van der Waals surface area contributed by atoms with E-state index in [2.05, 4.69) is 26.2 Å². The number of nitro groups is 1. The van der Waals surface area contributed by atoms with Crippen LogP contribution in [-0.4, -0.2) is 15.0 Å². The van der Waals surface area contributed by atoms with E-state index in [1.54, 1.807) is 30.3 Å². The molecule has 7 heteroatoms. The van der Waals surface area contributed by atoms with Crippen LogP contribution in [0.3, 0.4) is 0 Å². The molecular formula is C15H10BrN3O3. The molecule has 0 unspecified atom stereocenters. The number of hydrogen-bond donors (Lipinski definition) is 2. The topological polar surface area (TPSA) is 88.3 Å². The molecular weight excluding hydrogens is 350 g/mol. The van der Waals surface area contributed by atoms with Crippen molar-refractivity contribution in [2.24, 2.45) is 0 Å². The summed E-state index contributed by atoms with van der Waals surface area (Å²) in [6.07, 6.45) is 1.48. The van der Waals surface area contributed by atoms with Crippen LogP contribution in [-0.2, 0) is 0 Å². The van der Waals surface area contributed by atoms with Crippen molar-refractivity contribution >= 4 is 43.9 Å². The first-order valence-corrected chi connectivity index (χ1v) is 7.13. The third kappa shape index (κ3) is 2.58. The highest BCUT2D eigenvalue weighted by Crippen LogP contribution is 2.34. The van der Waals surface area contributed by atoms with E-state index >= 15 is 0 Å². The highest BCUT2D eigenvalue weighted by molar-refractivity contribution is 9.10. The fourth-order valence-electron chi connectivity index (χ4n) is 2.19. The van der Waals surface area contributed by atoms with Crippen molar-refractivity contribution in [3.05, 3.63) is 63.2 Å². The minimum Gasteiger partial charge on any atom is -0.507 e. The lowest BCUT2D eigenvalue weighted by molar-refractivity contribution is -0.384. The average Bonchev–Trinajstić information content (AvgIpc) is 2.50. The van der Waals surface area contributed by atoms with Crippen LogP contribution in [0, 0.1) is 10.1 Å². The van der Waals surface area contributed by atoms with E-state index in [9.17, 15) is 15.2 Å². The van der Waals surface area contributed by atoms with Gasteiger partial charge in [-0.25, -0.2) is 4.98 Å². The Morgan fingerprint density at radius 1 is 1.18 bits per heavy atom. The molecule has 1 heterocycles. The van der Waals surface area contributed by atoms with Crippen LogP contribution in [0.2, 0.25) is 0 Å². The number of phenols is 1. The number of nitrogens with one attached hydrogen (secondary N) is 1. The maximum absolute atomic E-state index is 11.1. The first-order chi connectivity index (χ1) is 10.6. The van der Waals surface area contributed by atoms with E-state index in [0.717, 1.165) is 5.39 Å². The molecule has 0 saturated carbocycles. The second-order valence-corrected chi connectivity index (χ2v) is 5.50. The Balaban J connectivity index is 2.12. The van der Waals surface area contributed by atoms with Crippen molar-refractivity contribution in [2.45, 2.75) is 0 Å². The summed E-state index contributed by atoms with van der Waals surface area (Å²) < 4.78 is 0.528. The van der Waals surface area contributed by atoms with Gasteiger partial charge in [0.15, 0.2) is 0 Å². The first kappa shape index (κ1) is 14.3.